The Kier molecular flexibility index (Phi) is 6.40. The van der Waals surface area contributed by atoms with E-state index in [0.717, 1.165) is 11.3 Å². The van der Waals surface area contributed by atoms with Gasteiger partial charge in [0.2, 0.25) is 5.91 Å². The first-order chi connectivity index (χ1) is 9.79. The maximum Gasteiger partial charge on any atom is 0.306 e. The molecule has 0 aromatic heterocycles. The summed E-state index contributed by atoms with van der Waals surface area (Å²) in [4.78, 5) is 22.7. The van der Waals surface area contributed by atoms with Crippen LogP contribution in [-0.4, -0.2) is 17.0 Å². The highest BCUT2D eigenvalue weighted by molar-refractivity contribution is 5.90. The molecule has 2 N–H and O–H groups in total. The predicted molar refractivity (Wildman–Crippen MR) is 84.2 cm³/mol. The van der Waals surface area contributed by atoms with Crippen LogP contribution in [0.3, 0.4) is 0 Å². The van der Waals surface area contributed by atoms with Gasteiger partial charge < -0.3 is 10.4 Å². The van der Waals surface area contributed by atoms with E-state index < -0.39 is 11.9 Å². The number of hydrogen-bond donors (Lipinski definition) is 2. The first-order valence-corrected chi connectivity index (χ1v) is 7.41. The van der Waals surface area contributed by atoms with E-state index in [-0.39, 0.29) is 5.91 Å². The van der Waals surface area contributed by atoms with E-state index in [1.54, 1.807) is 6.92 Å². The molecule has 0 aliphatic rings. The van der Waals surface area contributed by atoms with Gasteiger partial charge in [0.05, 0.1) is 5.92 Å². The molecule has 0 saturated carbocycles. The quantitative estimate of drug-likeness (QED) is 0.807. The molecule has 0 bridgehead atoms. The summed E-state index contributed by atoms with van der Waals surface area (Å²) in [5.74, 6) is -0.355. The Hall–Kier alpha value is -1.84. The van der Waals surface area contributed by atoms with Crippen LogP contribution >= 0.6 is 0 Å². The smallest absolute Gasteiger partial charge is 0.306 e. The normalized spacial score (nSPS) is 13.8. The standard InChI is InChI=1S/C17H25NO3/c1-11(2)12(3)10-16(19)18-15-7-5-14(6-8-15)9-13(4)17(20)21/h5-8,11-13H,9-10H2,1-4H3,(H,18,19)(H,20,21). The van der Waals surface area contributed by atoms with Crippen LogP contribution in [0.25, 0.3) is 0 Å². The zero-order chi connectivity index (χ0) is 16.0. The molecule has 1 aromatic carbocycles. The number of hydrogen-bond acceptors (Lipinski definition) is 2. The molecule has 1 aromatic rings. The molecule has 0 fully saturated rings. The summed E-state index contributed by atoms with van der Waals surface area (Å²) in [6.07, 6.45) is 1.00. The van der Waals surface area contributed by atoms with Gasteiger partial charge in [-0.3, -0.25) is 9.59 Å². The highest BCUT2D eigenvalue weighted by atomic mass is 16.4. The Labute approximate surface area is 126 Å². The van der Waals surface area contributed by atoms with E-state index in [4.69, 9.17) is 5.11 Å². The van der Waals surface area contributed by atoms with Gasteiger partial charge in [0, 0.05) is 12.1 Å². The van der Waals surface area contributed by atoms with Gasteiger partial charge >= 0.3 is 5.97 Å². The first-order valence-electron chi connectivity index (χ1n) is 7.41. The van der Waals surface area contributed by atoms with Crippen molar-refractivity contribution in [2.24, 2.45) is 17.8 Å². The lowest BCUT2D eigenvalue weighted by atomic mass is 9.94. The van der Waals surface area contributed by atoms with E-state index in [1.807, 2.05) is 24.3 Å². The number of carboxylic acid groups (broad SMARTS) is 1. The van der Waals surface area contributed by atoms with Gasteiger partial charge in [0.15, 0.2) is 0 Å². The number of amides is 1. The van der Waals surface area contributed by atoms with E-state index in [0.29, 0.717) is 24.7 Å². The first kappa shape index (κ1) is 17.2. The fourth-order valence-corrected chi connectivity index (χ4v) is 1.91. The maximum absolute atomic E-state index is 11.9. The molecule has 0 aliphatic carbocycles. The van der Waals surface area contributed by atoms with Crippen molar-refractivity contribution >= 4 is 17.6 Å². The van der Waals surface area contributed by atoms with Crippen molar-refractivity contribution in [3.05, 3.63) is 29.8 Å². The van der Waals surface area contributed by atoms with Crippen LogP contribution in [0.15, 0.2) is 24.3 Å². The van der Waals surface area contributed by atoms with Gasteiger partial charge in [0.1, 0.15) is 0 Å². The van der Waals surface area contributed by atoms with Crippen molar-refractivity contribution < 1.29 is 14.7 Å². The number of nitrogens with one attached hydrogen (secondary N) is 1. The van der Waals surface area contributed by atoms with Gasteiger partial charge in [-0.05, 0) is 36.0 Å². The monoisotopic (exact) mass is 291 g/mol. The third-order valence-corrected chi connectivity index (χ3v) is 3.85. The predicted octanol–water partition coefficient (Wildman–Crippen LogP) is 3.57. The fourth-order valence-electron chi connectivity index (χ4n) is 1.91. The van der Waals surface area contributed by atoms with Crippen LogP contribution in [0.2, 0.25) is 0 Å². The zero-order valence-corrected chi connectivity index (χ0v) is 13.2. The minimum absolute atomic E-state index is 0.0165. The lowest BCUT2D eigenvalue weighted by molar-refractivity contribution is -0.141. The van der Waals surface area contributed by atoms with Crippen molar-refractivity contribution in [1.29, 1.82) is 0 Å². The van der Waals surface area contributed by atoms with Gasteiger partial charge in [0.25, 0.3) is 0 Å². The van der Waals surface area contributed by atoms with Crippen LogP contribution in [-0.2, 0) is 16.0 Å². The number of rotatable bonds is 7. The molecule has 1 amide bonds. The average molecular weight is 291 g/mol. The van der Waals surface area contributed by atoms with E-state index in [9.17, 15) is 9.59 Å². The van der Waals surface area contributed by atoms with Crippen LogP contribution < -0.4 is 5.32 Å². The molecular formula is C17H25NO3. The van der Waals surface area contributed by atoms with Crippen molar-refractivity contribution in [2.45, 2.75) is 40.5 Å². The molecule has 4 nitrogen and oxygen atoms in total. The summed E-state index contributed by atoms with van der Waals surface area (Å²) < 4.78 is 0. The highest BCUT2D eigenvalue weighted by Gasteiger charge is 2.13. The van der Waals surface area contributed by atoms with Crippen molar-refractivity contribution in [2.75, 3.05) is 5.32 Å². The van der Waals surface area contributed by atoms with Crippen molar-refractivity contribution in [3.63, 3.8) is 0 Å². The summed E-state index contributed by atoms with van der Waals surface area (Å²) >= 11 is 0. The topological polar surface area (TPSA) is 66.4 Å². The molecule has 0 spiro atoms. The summed E-state index contributed by atoms with van der Waals surface area (Å²) in [5, 5.41) is 11.8. The number of carbonyl (C=O) groups excluding carboxylic acids is 1. The number of carboxylic acids is 1. The van der Waals surface area contributed by atoms with Crippen molar-refractivity contribution in [3.8, 4) is 0 Å². The molecule has 2 unspecified atom stereocenters. The van der Waals surface area contributed by atoms with Gasteiger partial charge in [-0.25, -0.2) is 0 Å². The molecule has 0 saturated heterocycles. The SMILES string of the molecule is CC(Cc1ccc(NC(=O)CC(C)C(C)C)cc1)C(=O)O. The Morgan fingerprint density at radius 1 is 1.10 bits per heavy atom. The fraction of sp³-hybridized carbons (Fsp3) is 0.529. The molecule has 2 atom stereocenters. The third-order valence-electron chi connectivity index (χ3n) is 3.85. The second-order valence-electron chi connectivity index (χ2n) is 6.11. The van der Waals surface area contributed by atoms with Crippen LogP contribution in [0.4, 0.5) is 5.69 Å². The summed E-state index contributed by atoms with van der Waals surface area (Å²) in [6, 6.07) is 7.37. The van der Waals surface area contributed by atoms with E-state index in [2.05, 4.69) is 26.1 Å². The Bertz CT molecular complexity index is 479. The largest absolute Gasteiger partial charge is 0.481 e. The zero-order valence-electron chi connectivity index (χ0n) is 13.2. The molecule has 116 valence electrons. The Balaban J connectivity index is 2.54. The second-order valence-corrected chi connectivity index (χ2v) is 6.11. The van der Waals surface area contributed by atoms with E-state index >= 15 is 0 Å². The summed E-state index contributed by atoms with van der Waals surface area (Å²) in [7, 11) is 0. The van der Waals surface area contributed by atoms with Crippen LogP contribution in [0.1, 0.15) is 39.7 Å². The van der Waals surface area contributed by atoms with Crippen LogP contribution in [0, 0.1) is 17.8 Å². The number of carbonyl (C=O) groups is 2. The summed E-state index contributed by atoms with van der Waals surface area (Å²) in [6.45, 7) is 7.97. The van der Waals surface area contributed by atoms with Crippen LogP contribution in [0.5, 0.6) is 0 Å². The van der Waals surface area contributed by atoms with Gasteiger partial charge in [-0.15, -0.1) is 0 Å². The molecule has 21 heavy (non-hydrogen) atoms. The minimum Gasteiger partial charge on any atom is -0.481 e. The lowest BCUT2D eigenvalue weighted by Crippen LogP contribution is -2.17. The summed E-state index contributed by atoms with van der Waals surface area (Å²) in [5.41, 5.74) is 1.71. The van der Waals surface area contributed by atoms with Gasteiger partial charge in [-0.1, -0.05) is 39.8 Å². The molecular weight excluding hydrogens is 266 g/mol. The highest BCUT2D eigenvalue weighted by Crippen LogP contribution is 2.17. The number of aliphatic carboxylic acids is 1. The molecule has 0 aliphatic heterocycles. The molecule has 0 radical (unpaired) electrons. The Morgan fingerprint density at radius 2 is 1.67 bits per heavy atom. The third kappa shape index (κ3) is 5.98. The van der Waals surface area contributed by atoms with E-state index in [1.165, 1.54) is 0 Å². The van der Waals surface area contributed by atoms with Crippen molar-refractivity contribution in [1.82, 2.24) is 0 Å². The second kappa shape index (κ2) is 7.81. The number of anilines is 1. The molecule has 4 heteroatoms. The average Bonchev–Trinajstić information content (AvgIpc) is 2.40. The Morgan fingerprint density at radius 3 is 2.14 bits per heavy atom. The minimum atomic E-state index is -0.796. The molecule has 0 heterocycles. The maximum atomic E-state index is 11.9. The number of benzene rings is 1. The lowest BCUT2D eigenvalue weighted by Gasteiger charge is -2.15. The van der Waals surface area contributed by atoms with Gasteiger partial charge in [-0.2, -0.15) is 0 Å². The molecule has 1 rings (SSSR count).